The predicted octanol–water partition coefficient (Wildman–Crippen LogP) is 1.71. The van der Waals surface area contributed by atoms with Gasteiger partial charge in [-0.05, 0) is 18.4 Å². The number of carbonyl (C=O) groups excluding carboxylic acids is 1. The number of likely N-dealkylation sites (N-methyl/N-ethyl adjacent to an activating group) is 1. The van der Waals surface area contributed by atoms with Gasteiger partial charge in [0.2, 0.25) is 0 Å². The molecular formula is C11H16N2O3S. The fourth-order valence-electron chi connectivity index (χ4n) is 1.42. The topological polar surface area (TPSA) is 60.9 Å². The lowest BCUT2D eigenvalue weighted by atomic mass is 10.4. The maximum atomic E-state index is 11.9. The zero-order valence-electron chi connectivity index (χ0n) is 9.92. The summed E-state index contributed by atoms with van der Waals surface area (Å²) in [4.78, 5) is 26.4. The lowest BCUT2D eigenvalue weighted by molar-refractivity contribution is -0.137. The molecule has 0 bridgehead atoms. The zero-order chi connectivity index (χ0) is 12.8. The number of thiophene rings is 1. The number of hydrogen-bond donors (Lipinski definition) is 1. The number of hydrogen-bond acceptors (Lipinski definition) is 3. The van der Waals surface area contributed by atoms with Crippen LogP contribution in [-0.4, -0.2) is 47.0 Å². The average molecular weight is 256 g/mol. The second kappa shape index (κ2) is 6.24. The second-order valence-electron chi connectivity index (χ2n) is 3.63. The Bertz CT molecular complexity index is 378. The summed E-state index contributed by atoms with van der Waals surface area (Å²) in [6.45, 7) is 2.68. The molecule has 0 aliphatic carbocycles. The normalized spacial score (nSPS) is 10.0. The highest BCUT2D eigenvalue weighted by molar-refractivity contribution is 7.09. The van der Waals surface area contributed by atoms with Crippen molar-refractivity contribution in [3.63, 3.8) is 0 Å². The summed E-state index contributed by atoms with van der Waals surface area (Å²) in [5.41, 5.74) is 0. The number of carboxylic acid groups (broad SMARTS) is 1. The van der Waals surface area contributed by atoms with E-state index in [1.807, 2.05) is 24.4 Å². The maximum absolute atomic E-state index is 11.9. The van der Waals surface area contributed by atoms with E-state index in [0.717, 1.165) is 4.88 Å². The summed E-state index contributed by atoms with van der Waals surface area (Å²) in [5.74, 6) is -1.01. The SMILES string of the molecule is CCN(Cc1cccs1)C(=O)N(C)CC(=O)O. The van der Waals surface area contributed by atoms with Crippen LogP contribution in [0.4, 0.5) is 4.79 Å². The Labute approximate surface area is 104 Å². The number of urea groups is 1. The van der Waals surface area contributed by atoms with E-state index in [4.69, 9.17) is 5.11 Å². The van der Waals surface area contributed by atoms with Crippen LogP contribution >= 0.6 is 11.3 Å². The lowest BCUT2D eigenvalue weighted by Gasteiger charge is -2.25. The molecule has 1 aromatic heterocycles. The molecule has 0 atom stereocenters. The van der Waals surface area contributed by atoms with Gasteiger partial charge in [0, 0.05) is 18.5 Å². The van der Waals surface area contributed by atoms with Crippen LogP contribution in [0.25, 0.3) is 0 Å². The number of nitrogens with zero attached hydrogens (tertiary/aromatic N) is 2. The van der Waals surface area contributed by atoms with E-state index in [1.54, 1.807) is 16.2 Å². The molecule has 1 rings (SSSR count). The van der Waals surface area contributed by atoms with E-state index in [2.05, 4.69) is 0 Å². The standard InChI is InChI=1S/C11H16N2O3S/c1-3-13(7-9-5-4-6-17-9)11(16)12(2)8-10(14)15/h4-6H,3,7-8H2,1-2H3,(H,14,15). The molecule has 0 unspecified atom stereocenters. The smallest absolute Gasteiger partial charge is 0.323 e. The van der Waals surface area contributed by atoms with Gasteiger partial charge >= 0.3 is 12.0 Å². The molecule has 1 aromatic rings. The number of carboxylic acids is 1. The van der Waals surface area contributed by atoms with Crippen molar-refractivity contribution in [2.24, 2.45) is 0 Å². The van der Waals surface area contributed by atoms with Gasteiger partial charge in [-0.3, -0.25) is 4.79 Å². The summed E-state index contributed by atoms with van der Waals surface area (Å²) in [5, 5.41) is 10.6. The van der Waals surface area contributed by atoms with Gasteiger partial charge in [0.25, 0.3) is 0 Å². The Balaban J connectivity index is 2.60. The van der Waals surface area contributed by atoms with E-state index in [-0.39, 0.29) is 12.6 Å². The summed E-state index contributed by atoms with van der Waals surface area (Å²) < 4.78 is 0. The molecule has 1 heterocycles. The van der Waals surface area contributed by atoms with Gasteiger partial charge < -0.3 is 14.9 Å². The Hall–Kier alpha value is -1.56. The third-order valence-corrected chi connectivity index (χ3v) is 3.14. The van der Waals surface area contributed by atoms with Gasteiger partial charge in [0.1, 0.15) is 6.54 Å². The minimum absolute atomic E-state index is 0.261. The Morgan fingerprint density at radius 3 is 2.65 bits per heavy atom. The molecule has 17 heavy (non-hydrogen) atoms. The monoisotopic (exact) mass is 256 g/mol. The van der Waals surface area contributed by atoms with Gasteiger partial charge in [0.05, 0.1) is 6.54 Å². The first-order valence-electron chi connectivity index (χ1n) is 5.28. The van der Waals surface area contributed by atoms with Crippen molar-refractivity contribution in [3.05, 3.63) is 22.4 Å². The Morgan fingerprint density at radius 1 is 1.47 bits per heavy atom. The van der Waals surface area contributed by atoms with E-state index in [0.29, 0.717) is 13.1 Å². The molecule has 0 fully saturated rings. The first kappa shape index (κ1) is 13.5. The van der Waals surface area contributed by atoms with Gasteiger partial charge in [-0.2, -0.15) is 0 Å². The van der Waals surface area contributed by atoms with Crippen LogP contribution in [0.3, 0.4) is 0 Å². The molecule has 0 aliphatic heterocycles. The highest BCUT2D eigenvalue weighted by atomic mass is 32.1. The lowest BCUT2D eigenvalue weighted by Crippen LogP contribution is -2.42. The molecule has 2 amide bonds. The van der Waals surface area contributed by atoms with Crippen molar-refractivity contribution in [2.45, 2.75) is 13.5 Å². The molecule has 0 saturated heterocycles. The van der Waals surface area contributed by atoms with Crippen molar-refractivity contribution >= 4 is 23.3 Å². The summed E-state index contributed by atoms with van der Waals surface area (Å²) in [6.07, 6.45) is 0. The average Bonchev–Trinajstić information content (AvgIpc) is 2.76. The molecule has 6 heteroatoms. The van der Waals surface area contributed by atoms with Crippen molar-refractivity contribution < 1.29 is 14.7 Å². The third kappa shape index (κ3) is 4.07. The second-order valence-corrected chi connectivity index (χ2v) is 4.66. The fourth-order valence-corrected chi connectivity index (χ4v) is 2.14. The number of amides is 2. The molecule has 94 valence electrons. The van der Waals surface area contributed by atoms with E-state index in [1.165, 1.54) is 11.9 Å². The first-order valence-corrected chi connectivity index (χ1v) is 6.16. The van der Waals surface area contributed by atoms with Crippen molar-refractivity contribution in [2.75, 3.05) is 20.1 Å². The van der Waals surface area contributed by atoms with Gasteiger partial charge in [-0.1, -0.05) is 6.07 Å². The summed E-state index contributed by atoms with van der Waals surface area (Å²) in [6, 6.07) is 3.63. The van der Waals surface area contributed by atoms with Crippen LogP contribution in [0.15, 0.2) is 17.5 Å². The van der Waals surface area contributed by atoms with Gasteiger partial charge in [-0.25, -0.2) is 4.79 Å². The Kier molecular flexibility index (Phi) is 4.96. The number of aliphatic carboxylic acids is 1. The maximum Gasteiger partial charge on any atom is 0.323 e. The van der Waals surface area contributed by atoms with E-state index < -0.39 is 5.97 Å². The molecule has 0 aromatic carbocycles. The largest absolute Gasteiger partial charge is 0.480 e. The minimum atomic E-state index is -1.01. The van der Waals surface area contributed by atoms with Crippen LogP contribution in [0, 0.1) is 0 Å². The van der Waals surface area contributed by atoms with Crippen molar-refractivity contribution in [1.29, 1.82) is 0 Å². The van der Waals surface area contributed by atoms with Crippen LogP contribution < -0.4 is 0 Å². The summed E-state index contributed by atoms with van der Waals surface area (Å²) in [7, 11) is 1.49. The molecule has 0 spiro atoms. The van der Waals surface area contributed by atoms with Gasteiger partial charge in [-0.15, -0.1) is 11.3 Å². The summed E-state index contributed by atoms with van der Waals surface area (Å²) >= 11 is 1.58. The molecule has 1 N–H and O–H groups in total. The van der Waals surface area contributed by atoms with Crippen molar-refractivity contribution in [1.82, 2.24) is 9.80 Å². The molecule has 0 aliphatic rings. The van der Waals surface area contributed by atoms with Gasteiger partial charge in [0.15, 0.2) is 0 Å². The van der Waals surface area contributed by atoms with Crippen LogP contribution in [0.1, 0.15) is 11.8 Å². The van der Waals surface area contributed by atoms with Crippen LogP contribution in [-0.2, 0) is 11.3 Å². The van der Waals surface area contributed by atoms with Crippen LogP contribution in [0.5, 0.6) is 0 Å². The fraction of sp³-hybridized carbons (Fsp3) is 0.455. The Morgan fingerprint density at radius 2 is 2.18 bits per heavy atom. The third-order valence-electron chi connectivity index (χ3n) is 2.28. The van der Waals surface area contributed by atoms with Crippen LogP contribution in [0.2, 0.25) is 0 Å². The number of carbonyl (C=O) groups is 2. The predicted molar refractivity (Wildman–Crippen MR) is 66.1 cm³/mol. The highest BCUT2D eigenvalue weighted by Gasteiger charge is 2.18. The quantitative estimate of drug-likeness (QED) is 0.872. The molecule has 0 radical (unpaired) electrons. The zero-order valence-corrected chi connectivity index (χ0v) is 10.7. The molecule has 5 nitrogen and oxygen atoms in total. The first-order chi connectivity index (χ1) is 8.04. The molecule has 0 saturated carbocycles. The van der Waals surface area contributed by atoms with Crippen molar-refractivity contribution in [3.8, 4) is 0 Å². The van der Waals surface area contributed by atoms with E-state index >= 15 is 0 Å². The highest BCUT2D eigenvalue weighted by Crippen LogP contribution is 2.12. The van der Waals surface area contributed by atoms with E-state index in [9.17, 15) is 9.59 Å². The number of rotatable bonds is 5. The minimum Gasteiger partial charge on any atom is -0.480 e. The molecular weight excluding hydrogens is 240 g/mol.